The Morgan fingerprint density at radius 3 is 2.61 bits per heavy atom. The molecule has 0 spiro atoms. The number of carbonyl (C=O) groups excluding carboxylic acids is 1. The van der Waals surface area contributed by atoms with Crippen molar-refractivity contribution < 1.29 is 9.53 Å². The summed E-state index contributed by atoms with van der Waals surface area (Å²) in [6, 6.07) is 15.6. The maximum Gasteiger partial charge on any atom is 0.170 e. The van der Waals surface area contributed by atoms with Gasteiger partial charge in [-0.15, -0.1) is 0 Å². The Hall–Kier alpha value is -2.09. The van der Waals surface area contributed by atoms with Crippen molar-refractivity contribution in [2.45, 2.75) is 19.4 Å². The third-order valence-electron chi connectivity index (χ3n) is 3.32. The molecule has 2 aromatic carbocycles. The molecule has 1 atom stereocenters. The lowest BCUT2D eigenvalue weighted by Gasteiger charge is -2.26. The number of Topliss-reactive ketones (excluding diaryl/α,β-unsaturated/α-hetero) is 1. The highest BCUT2D eigenvalue weighted by atomic mass is 16.5. The van der Waals surface area contributed by atoms with Gasteiger partial charge in [-0.2, -0.15) is 0 Å². The second-order valence-electron chi connectivity index (χ2n) is 4.59. The van der Waals surface area contributed by atoms with Crippen LogP contribution in [0.5, 0.6) is 5.75 Å². The number of hydrogen-bond donors (Lipinski definition) is 0. The van der Waals surface area contributed by atoms with E-state index >= 15 is 0 Å². The van der Waals surface area contributed by atoms with Gasteiger partial charge in [0.15, 0.2) is 5.78 Å². The van der Waals surface area contributed by atoms with Gasteiger partial charge < -0.3 is 4.74 Å². The third-order valence-corrected chi connectivity index (χ3v) is 3.32. The molecule has 2 aromatic rings. The Kier molecular flexibility index (Phi) is 2.63. The summed E-state index contributed by atoms with van der Waals surface area (Å²) in [5.74, 6) is 0.878. The summed E-state index contributed by atoms with van der Waals surface area (Å²) in [4.78, 5) is 12.2. The van der Waals surface area contributed by atoms with Gasteiger partial charge in [-0.3, -0.25) is 4.79 Å². The zero-order valence-corrected chi connectivity index (χ0v) is 10.2. The lowest BCUT2D eigenvalue weighted by Crippen LogP contribution is -2.21. The van der Waals surface area contributed by atoms with E-state index in [2.05, 4.69) is 0 Å². The molecular formula is C16H14O2. The summed E-state index contributed by atoms with van der Waals surface area (Å²) in [6.45, 7) is 1.95. The van der Waals surface area contributed by atoms with Gasteiger partial charge >= 0.3 is 0 Å². The zero-order chi connectivity index (χ0) is 12.5. The number of hydrogen-bond acceptors (Lipinski definition) is 2. The molecule has 1 heterocycles. The highest BCUT2D eigenvalue weighted by Gasteiger charge is 2.28. The summed E-state index contributed by atoms with van der Waals surface area (Å²) in [5, 5.41) is 0. The fourth-order valence-corrected chi connectivity index (χ4v) is 2.42. The predicted octanol–water partition coefficient (Wildman–Crippen LogP) is 3.70. The number of carbonyl (C=O) groups is 1. The number of rotatable bonds is 1. The molecule has 18 heavy (non-hydrogen) atoms. The molecule has 2 heteroatoms. The Morgan fingerprint density at radius 1 is 1.06 bits per heavy atom. The monoisotopic (exact) mass is 238 g/mol. The number of benzene rings is 2. The minimum Gasteiger partial charge on any atom is -0.484 e. The number of aryl methyl sites for hydroxylation is 1. The predicted molar refractivity (Wildman–Crippen MR) is 69.9 cm³/mol. The number of ketones is 1. The number of fused-ring (bicyclic) bond motifs is 1. The van der Waals surface area contributed by atoms with E-state index in [1.54, 1.807) is 0 Å². The smallest absolute Gasteiger partial charge is 0.170 e. The lowest BCUT2D eigenvalue weighted by molar-refractivity contribution is 0.0849. The minimum atomic E-state index is -0.159. The van der Waals surface area contributed by atoms with Crippen LogP contribution in [-0.4, -0.2) is 5.78 Å². The van der Waals surface area contributed by atoms with Crippen LogP contribution in [0.4, 0.5) is 0 Å². The van der Waals surface area contributed by atoms with Gasteiger partial charge in [0.2, 0.25) is 0 Å². The minimum absolute atomic E-state index is 0.159. The van der Waals surface area contributed by atoms with Gasteiger partial charge in [0, 0.05) is 0 Å². The van der Waals surface area contributed by atoms with Crippen LogP contribution in [0.25, 0.3) is 0 Å². The Labute approximate surface area is 106 Å². The molecular weight excluding hydrogens is 224 g/mol. The first-order valence-electron chi connectivity index (χ1n) is 6.10. The third kappa shape index (κ3) is 1.80. The zero-order valence-electron chi connectivity index (χ0n) is 10.2. The molecule has 0 N–H and O–H groups in total. The highest BCUT2D eigenvalue weighted by molar-refractivity contribution is 6.01. The van der Waals surface area contributed by atoms with Gasteiger partial charge in [-0.1, -0.05) is 42.5 Å². The van der Waals surface area contributed by atoms with E-state index in [1.165, 1.54) is 0 Å². The van der Waals surface area contributed by atoms with E-state index in [0.717, 1.165) is 16.7 Å². The van der Waals surface area contributed by atoms with E-state index in [0.29, 0.717) is 12.2 Å². The molecule has 1 aliphatic rings. The normalized spacial score (nSPS) is 18.1. The quantitative estimate of drug-likeness (QED) is 0.757. The fraction of sp³-hybridized carbons (Fsp3) is 0.188. The molecule has 0 amide bonds. The van der Waals surface area contributed by atoms with Crippen molar-refractivity contribution in [1.29, 1.82) is 0 Å². The van der Waals surface area contributed by atoms with Crippen molar-refractivity contribution in [2.75, 3.05) is 0 Å². The average molecular weight is 238 g/mol. The molecule has 3 rings (SSSR count). The topological polar surface area (TPSA) is 26.3 Å². The van der Waals surface area contributed by atoms with E-state index in [9.17, 15) is 4.79 Å². The highest BCUT2D eigenvalue weighted by Crippen LogP contribution is 2.36. The molecule has 0 saturated carbocycles. The largest absolute Gasteiger partial charge is 0.484 e. The van der Waals surface area contributed by atoms with Crippen LogP contribution >= 0.6 is 0 Å². The van der Waals surface area contributed by atoms with Gasteiger partial charge in [0.25, 0.3) is 0 Å². The molecule has 1 unspecified atom stereocenters. The van der Waals surface area contributed by atoms with Gasteiger partial charge in [-0.25, -0.2) is 0 Å². The standard InChI is InChI=1S/C16H14O2/c1-11-6-5-9-14-16(11)13(17)10-15(18-14)12-7-3-2-4-8-12/h2-9,15H,10H2,1H3. The average Bonchev–Trinajstić information content (AvgIpc) is 2.39. The van der Waals surface area contributed by atoms with Crippen LogP contribution in [0.15, 0.2) is 48.5 Å². The van der Waals surface area contributed by atoms with Crippen molar-refractivity contribution in [3.8, 4) is 5.75 Å². The molecule has 0 aromatic heterocycles. The molecule has 2 nitrogen and oxygen atoms in total. The lowest BCUT2D eigenvalue weighted by atomic mass is 9.93. The molecule has 1 aliphatic heterocycles. The Balaban J connectivity index is 2.00. The van der Waals surface area contributed by atoms with E-state index in [4.69, 9.17) is 4.74 Å². The number of ether oxygens (including phenoxy) is 1. The van der Waals surface area contributed by atoms with Crippen LogP contribution in [-0.2, 0) is 0 Å². The van der Waals surface area contributed by atoms with Crippen molar-refractivity contribution in [1.82, 2.24) is 0 Å². The maximum atomic E-state index is 12.2. The Morgan fingerprint density at radius 2 is 1.83 bits per heavy atom. The first-order chi connectivity index (χ1) is 8.75. The van der Waals surface area contributed by atoms with Crippen LogP contribution in [0.3, 0.4) is 0 Å². The van der Waals surface area contributed by atoms with Crippen LogP contribution in [0.2, 0.25) is 0 Å². The summed E-state index contributed by atoms with van der Waals surface area (Å²) in [5.41, 5.74) is 2.78. The van der Waals surface area contributed by atoms with Crippen LogP contribution in [0.1, 0.15) is 34.0 Å². The van der Waals surface area contributed by atoms with Gasteiger partial charge in [0.1, 0.15) is 11.9 Å². The van der Waals surface area contributed by atoms with Gasteiger partial charge in [-0.05, 0) is 24.1 Å². The van der Waals surface area contributed by atoms with Crippen molar-refractivity contribution in [2.24, 2.45) is 0 Å². The SMILES string of the molecule is Cc1cccc2c1C(=O)CC(c1ccccc1)O2. The fourth-order valence-electron chi connectivity index (χ4n) is 2.42. The summed E-state index contributed by atoms with van der Waals surface area (Å²) in [7, 11) is 0. The molecule has 90 valence electrons. The maximum absolute atomic E-state index is 12.2. The summed E-state index contributed by atoms with van der Waals surface area (Å²) in [6.07, 6.45) is 0.259. The molecule has 0 aliphatic carbocycles. The molecule has 0 radical (unpaired) electrons. The van der Waals surface area contributed by atoms with E-state index < -0.39 is 0 Å². The summed E-state index contributed by atoms with van der Waals surface area (Å²) >= 11 is 0. The van der Waals surface area contributed by atoms with Crippen molar-refractivity contribution >= 4 is 5.78 Å². The first kappa shape index (κ1) is 11.0. The van der Waals surface area contributed by atoms with Crippen LogP contribution in [0, 0.1) is 6.92 Å². The van der Waals surface area contributed by atoms with Gasteiger partial charge in [0.05, 0.1) is 12.0 Å². The second kappa shape index (κ2) is 4.30. The van der Waals surface area contributed by atoms with Crippen molar-refractivity contribution in [3.05, 3.63) is 65.2 Å². The molecule has 0 fully saturated rings. The Bertz CT molecular complexity index is 587. The molecule has 0 saturated heterocycles. The van der Waals surface area contributed by atoms with Crippen molar-refractivity contribution in [3.63, 3.8) is 0 Å². The van der Waals surface area contributed by atoms with E-state index in [-0.39, 0.29) is 11.9 Å². The van der Waals surface area contributed by atoms with Crippen LogP contribution < -0.4 is 4.74 Å². The first-order valence-corrected chi connectivity index (χ1v) is 6.10. The summed E-state index contributed by atoms with van der Waals surface area (Å²) < 4.78 is 5.95. The van der Waals surface area contributed by atoms with E-state index in [1.807, 2.05) is 55.5 Å². The molecule has 0 bridgehead atoms. The second-order valence-corrected chi connectivity index (χ2v) is 4.59.